The number of ether oxygens (including phenoxy) is 3. The minimum Gasteiger partial charge on any atom is -0.448 e. The van der Waals surface area contributed by atoms with E-state index in [2.05, 4.69) is 40.2 Å². The molecule has 0 bridgehead atoms. The number of hydrogen-bond donors (Lipinski definition) is 0. The van der Waals surface area contributed by atoms with Crippen molar-refractivity contribution in [3.05, 3.63) is 123 Å². The van der Waals surface area contributed by atoms with Gasteiger partial charge in [-0.15, -0.1) is 0 Å². The van der Waals surface area contributed by atoms with Crippen molar-refractivity contribution in [1.29, 1.82) is 0 Å². The zero-order chi connectivity index (χ0) is 26.8. The largest absolute Gasteiger partial charge is 0.448 e. The number of hydrogen-bond acceptors (Lipinski definition) is 5. The SMILES string of the molecule is O=C(OCC1c2ccccc2-c2ccccc21)N(Cc1cccc(Cl)c1)Sc1ccc(Br)cc1C1OCCO1. The summed E-state index contributed by atoms with van der Waals surface area (Å²) >= 11 is 11.1. The molecule has 0 unspecified atom stereocenters. The van der Waals surface area contributed by atoms with Gasteiger partial charge in [-0.05, 0) is 70.1 Å². The van der Waals surface area contributed by atoms with E-state index in [1.54, 1.807) is 4.31 Å². The number of benzene rings is 4. The Hall–Kier alpha value is -2.81. The summed E-state index contributed by atoms with van der Waals surface area (Å²) in [6, 6.07) is 30.0. The fourth-order valence-electron chi connectivity index (χ4n) is 5.04. The van der Waals surface area contributed by atoms with Crippen LogP contribution < -0.4 is 0 Å². The lowest BCUT2D eigenvalue weighted by Crippen LogP contribution is -2.27. The third-order valence-corrected chi connectivity index (χ3v) is 8.61. The summed E-state index contributed by atoms with van der Waals surface area (Å²) in [4.78, 5) is 14.5. The Morgan fingerprint density at radius 3 is 2.28 bits per heavy atom. The molecular weight excluding hydrogens is 598 g/mol. The van der Waals surface area contributed by atoms with Gasteiger partial charge in [0.15, 0.2) is 6.29 Å². The Labute approximate surface area is 245 Å². The molecule has 1 saturated heterocycles. The van der Waals surface area contributed by atoms with E-state index >= 15 is 0 Å². The van der Waals surface area contributed by atoms with E-state index in [9.17, 15) is 4.79 Å². The lowest BCUT2D eigenvalue weighted by atomic mass is 9.98. The molecule has 6 rings (SSSR count). The highest BCUT2D eigenvalue weighted by Crippen LogP contribution is 2.45. The van der Waals surface area contributed by atoms with Gasteiger partial charge in [0.25, 0.3) is 0 Å². The van der Waals surface area contributed by atoms with E-state index in [0.29, 0.717) is 24.8 Å². The Bertz CT molecular complexity index is 1460. The first-order valence-corrected chi connectivity index (χ1v) is 14.6. The van der Waals surface area contributed by atoms with Crippen LogP contribution in [0.2, 0.25) is 5.02 Å². The minimum atomic E-state index is -0.486. The molecule has 0 saturated carbocycles. The second-order valence-corrected chi connectivity index (χ2v) is 11.7. The van der Waals surface area contributed by atoms with Gasteiger partial charge in [-0.1, -0.05) is 88.2 Å². The number of fused-ring (bicyclic) bond motifs is 3. The summed E-state index contributed by atoms with van der Waals surface area (Å²) in [5.74, 6) is -0.0251. The summed E-state index contributed by atoms with van der Waals surface area (Å²) in [5, 5.41) is 0.613. The molecule has 8 heteroatoms. The molecule has 1 fully saturated rings. The summed E-state index contributed by atoms with van der Waals surface area (Å²) in [6.07, 6.45) is -0.913. The average Bonchev–Trinajstić information content (AvgIpc) is 3.59. The average molecular weight is 623 g/mol. The molecular formula is C31H25BrClNO4S. The number of amides is 1. The molecule has 0 radical (unpaired) electrons. The molecule has 0 atom stereocenters. The second-order valence-electron chi connectivity index (χ2n) is 9.32. The van der Waals surface area contributed by atoms with Gasteiger partial charge in [0.2, 0.25) is 0 Å². The van der Waals surface area contributed by atoms with Crippen molar-refractivity contribution in [3.63, 3.8) is 0 Å². The topological polar surface area (TPSA) is 48.0 Å². The Balaban J connectivity index is 1.26. The van der Waals surface area contributed by atoms with Gasteiger partial charge in [-0.25, -0.2) is 9.10 Å². The van der Waals surface area contributed by atoms with Gasteiger partial charge < -0.3 is 14.2 Å². The van der Waals surface area contributed by atoms with E-state index in [0.717, 1.165) is 20.5 Å². The first-order chi connectivity index (χ1) is 19.1. The molecule has 5 nitrogen and oxygen atoms in total. The number of nitrogens with zero attached hydrogens (tertiary/aromatic N) is 1. The van der Waals surface area contributed by atoms with Crippen LogP contribution in [0.4, 0.5) is 4.79 Å². The highest BCUT2D eigenvalue weighted by Gasteiger charge is 2.31. The quantitative estimate of drug-likeness (QED) is 0.193. The van der Waals surface area contributed by atoms with E-state index in [1.165, 1.54) is 34.2 Å². The minimum absolute atomic E-state index is 0.0251. The fraction of sp³-hybridized carbons (Fsp3) is 0.194. The van der Waals surface area contributed by atoms with Crippen LogP contribution in [-0.2, 0) is 20.8 Å². The van der Waals surface area contributed by atoms with Crippen LogP contribution in [0.5, 0.6) is 0 Å². The van der Waals surface area contributed by atoms with E-state index in [4.69, 9.17) is 25.8 Å². The maximum atomic E-state index is 13.7. The molecule has 1 aliphatic heterocycles. The molecule has 0 spiro atoms. The third-order valence-electron chi connectivity index (χ3n) is 6.81. The van der Waals surface area contributed by atoms with E-state index in [1.807, 2.05) is 66.7 Å². The molecule has 39 heavy (non-hydrogen) atoms. The predicted octanol–water partition coefficient (Wildman–Crippen LogP) is 8.61. The van der Waals surface area contributed by atoms with Crippen LogP contribution in [0.25, 0.3) is 11.1 Å². The summed E-state index contributed by atoms with van der Waals surface area (Å²) < 4.78 is 20.1. The number of carbonyl (C=O) groups excluding carboxylic acids is 1. The van der Waals surface area contributed by atoms with Crippen molar-refractivity contribution in [2.75, 3.05) is 19.8 Å². The molecule has 1 heterocycles. The molecule has 4 aromatic rings. The van der Waals surface area contributed by atoms with Gasteiger partial charge in [-0.3, -0.25) is 0 Å². The number of rotatable bonds is 7. The standard InChI is InChI=1S/C31H25BrClNO4S/c32-21-12-13-29(27(17-21)30-36-14-15-37-30)39-34(18-20-6-5-7-22(33)16-20)31(35)38-19-28-25-10-3-1-8-23(25)24-9-2-4-11-26(24)28/h1-13,16-17,28,30H,14-15,18-19H2. The van der Waals surface area contributed by atoms with Crippen LogP contribution in [0, 0.1) is 0 Å². The van der Waals surface area contributed by atoms with E-state index < -0.39 is 12.4 Å². The maximum absolute atomic E-state index is 13.7. The molecule has 0 aromatic heterocycles. The lowest BCUT2D eigenvalue weighted by molar-refractivity contribution is -0.0461. The predicted molar refractivity (Wildman–Crippen MR) is 157 cm³/mol. The van der Waals surface area contributed by atoms with Crippen LogP contribution in [0.3, 0.4) is 0 Å². The first kappa shape index (κ1) is 26.4. The van der Waals surface area contributed by atoms with Gasteiger partial charge in [0.1, 0.15) is 6.61 Å². The number of carbonyl (C=O) groups is 1. The first-order valence-electron chi connectivity index (χ1n) is 12.6. The fourth-order valence-corrected chi connectivity index (χ4v) is 6.60. The zero-order valence-electron chi connectivity index (χ0n) is 20.9. The third kappa shape index (κ3) is 5.74. The molecule has 198 valence electrons. The smallest absolute Gasteiger partial charge is 0.420 e. The zero-order valence-corrected chi connectivity index (χ0v) is 24.0. The van der Waals surface area contributed by atoms with Crippen LogP contribution in [-0.4, -0.2) is 30.2 Å². The van der Waals surface area contributed by atoms with Crippen LogP contribution >= 0.6 is 39.5 Å². The molecule has 0 N–H and O–H groups in total. The molecule has 1 amide bonds. The summed E-state index contributed by atoms with van der Waals surface area (Å²) in [5.41, 5.74) is 6.48. The molecule has 4 aromatic carbocycles. The lowest BCUT2D eigenvalue weighted by Gasteiger charge is -2.24. The van der Waals surface area contributed by atoms with Crippen molar-refractivity contribution in [2.24, 2.45) is 0 Å². The normalized spacial score (nSPS) is 14.7. The summed E-state index contributed by atoms with van der Waals surface area (Å²) in [7, 11) is 0. The summed E-state index contributed by atoms with van der Waals surface area (Å²) in [6.45, 7) is 1.60. The van der Waals surface area contributed by atoms with Gasteiger partial charge in [-0.2, -0.15) is 0 Å². The van der Waals surface area contributed by atoms with Gasteiger partial charge >= 0.3 is 6.09 Å². The van der Waals surface area contributed by atoms with Crippen LogP contribution in [0.1, 0.15) is 34.5 Å². The highest BCUT2D eigenvalue weighted by atomic mass is 79.9. The molecule has 1 aliphatic carbocycles. The van der Waals surface area contributed by atoms with Crippen molar-refractivity contribution in [1.82, 2.24) is 4.31 Å². The Morgan fingerprint density at radius 1 is 0.897 bits per heavy atom. The van der Waals surface area contributed by atoms with Crippen molar-refractivity contribution in [3.8, 4) is 11.1 Å². The second kappa shape index (κ2) is 11.7. The highest BCUT2D eigenvalue weighted by molar-refractivity contribution is 9.10. The number of halogens is 2. The van der Waals surface area contributed by atoms with Crippen molar-refractivity contribution in [2.45, 2.75) is 23.6 Å². The monoisotopic (exact) mass is 621 g/mol. The van der Waals surface area contributed by atoms with Crippen LogP contribution in [0.15, 0.2) is 100 Å². The maximum Gasteiger partial charge on any atom is 0.420 e. The molecule has 2 aliphatic rings. The van der Waals surface area contributed by atoms with E-state index in [-0.39, 0.29) is 12.5 Å². The van der Waals surface area contributed by atoms with Crippen molar-refractivity contribution >= 4 is 45.6 Å². The Kier molecular flexibility index (Phi) is 7.95. The van der Waals surface area contributed by atoms with Gasteiger partial charge in [0.05, 0.1) is 19.8 Å². The Morgan fingerprint density at radius 2 is 1.59 bits per heavy atom. The van der Waals surface area contributed by atoms with Crippen molar-refractivity contribution < 1.29 is 19.0 Å². The van der Waals surface area contributed by atoms with Gasteiger partial charge in [0, 0.05) is 25.9 Å².